The number of carbonyl (C=O) groups excluding carboxylic acids is 1. The van der Waals surface area contributed by atoms with Crippen molar-refractivity contribution in [3.8, 4) is 0 Å². The first-order chi connectivity index (χ1) is 12.0. The van der Waals surface area contributed by atoms with Crippen molar-refractivity contribution in [1.29, 1.82) is 0 Å². The molecule has 10 heteroatoms. The Morgan fingerprint density at radius 2 is 1.65 bits per heavy atom. The summed E-state index contributed by atoms with van der Waals surface area (Å²) >= 11 is 23.9. The van der Waals surface area contributed by atoms with Gasteiger partial charge in [0.2, 0.25) is 15.9 Å². The van der Waals surface area contributed by atoms with Crippen LogP contribution in [0.5, 0.6) is 0 Å². The normalized spacial score (nSPS) is 11.3. The van der Waals surface area contributed by atoms with Crippen LogP contribution in [0.1, 0.15) is 5.56 Å². The van der Waals surface area contributed by atoms with E-state index in [4.69, 9.17) is 46.4 Å². The molecule has 0 spiro atoms. The molecule has 0 fully saturated rings. The Morgan fingerprint density at radius 3 is 2.27 bits per heavy atom. The van der Waals surface area contributed by atoms with Gasteiger partial charge in [-0.05, 0) is 36.8 Å². The third-order valence-corrected chi connectivity index (χ3v) is 6.05. The summed E-state index contributed by atoms with van der Waals surface area (Å²) in [6, 6.07) is 7.64. The molecule has 1 amide bonds. The number of carbonyl (C=O) groups is 1. The molecule has 2 aromatic rings. The predicted octanol–water partition coefficient (Wildman–Crippen LogP) is 5.01. The number of rotatable bonds is 5. The molecule has 5 nitrogen and oxygen atoms in total. The molecule has 0 heterocycles. The van der Waals surface area contributed by atoms with Crippen molar-refractivity contribution in [1.82, 2.24) is 0 Å². The molecule has 26 heavy (non-hydrogen) atoms. The smallest absolute Gasteiger partial charge is 0.245 e. The van der Waals surface area contributed by atoms with Gasteiger partial charge in [0.05, 0.1) is 27.0 Å². The predicted molar refractivity (Wildman–Crippen MR) is 108 cm³/mol. The van der Waals surface area contributed by atoms with Gasteiger partial charge in [0.25, 0.3) is 0 Å². The minimum Gasteiger partial charge on any atom is -0.324 e. The maximum atomic E-state index is 12.4. The van der Waals surface area contributed by atoms with Gasteiger partial charge in [-0.15, -0.1) is 0 Å². The molecular weight excluding hydrogens is 442 g/mol. The molecule has 0 radical (unpaired) electrons. The summed E-state index contributed by atoms with van der Waals surface area (Å²) in [5, 5.41) is 3.46. The zero-order valence-corrected chi connectivity index (χ0v) is 17.5. The average Bonchev–Trinajstić information content (AvgIpc) is 2.52. The highest BCUT2D eigenvalue weighted by molar-refractivity contribution is 7.92. The summed E-state index contributed by atoms with van der Waals surface area (Å²) in [6.07, 6.45) is 0.962. The van der Waals surface area contributed by atoms with Crippen LogP contribution in [-0.2, 0) is 14.8 Å². The number of halogens is 4. The minimum absolute atomic E-state index is 0.0524. The van der Waals surface area contributed by atoms with Crippen molar-refractivity contribution in [3.63, 3.8) is 0 Å². The third-order valence-electron chi connectivity index (χ3n) is 3.49. The molecule has 0 bridgehead atoms. The van der Waals surface area contributed by atoms with Crippen molar-refractivity contribution in [3.05, 3.63) is 56.0 Å². The van der Waals surface area contributed by atoms with Crippen molar-refractivity contribution in [2.24, 2.45) is 0 Å². The third kappa shape index (κ3) is 4.96. The van der Waals surface area contributed by atoms with E-state index in [2.05, 4.69) is 5.32 Å². The molecule has 0 aromatic heterocycles. The van der Waals surface area contributed by atoms with E-state index in [9.17, 15) is 13.2 Å². The van der Waals surface area contributed by atoms with Crippen molar-refractivity contribution in [2.45, 2.75) is 6.92 Å². The molecule has 0 saturated carbocycles. The van der Waals surface area contributed by atoms with Crippen LogP contribution in [0.25, 0.3) is 0 Å². The van der Waals surface area contributed by atoms with Crippen LogP contribution in [0, 0.1) is 6.92 Å². The minimum atomic E-state index is -3.82. The SMILES string of the molecule is Cc1c(Cl)cccc1NC(=O)CN(c1cc(Cl)c(Cl)cc1Cl)S(C)(=O)=O. The van der Waals surface area contributed by atoms with Crippen molar-refractivity contribution < 1.29 is 13.2 Å². The van der Waals surface area contributed by atoms with E-state index < -0.39 is 22.5 Å². The quantitative estimate of drug-likeness (QED) is 0.644. The topological polar surface area (TPSA) is 66.5 Å². The summed E-state index contributed by atoms with van der Waals surface area (Å²) in [4.78, 5) is 12.4. The van der Waals surface area contributed by atoms with Crippen LogP contribution in [0.2, 0.25) is 20.1 Å². The second kappa shape index (κ2) is 8.23. The fourth-order valence-electron chi connectivity index (χ4n) is 2.15. The van der Waals surface area contributed by atoms with Gasteiger partial charge >= 0.3 is 0 Å². The van der Waals surface area contributed by atoms with Crippen LogP contribution < -0.4 is 9.62 Å². The lowest BCUT2D eigenvalue weighted by molar-refractivity contribution is -0.114. The number of benzene rings is 2. The number of amides is 1. The van der Waals surface area contributed by atoms with Gasteiger partial charge in [-0.25, -0.2) is 8.42 Å². The summed E-state index contributed by atoms with van der Waals surface area (Å²) in [5.74, 6) is -0.567. The summed E-state index contributed by atoms with van der Waals surface area (Å²) in [6.45, 7) is 1.24. The molecule has 0 aliphatic rings. The Morgan fingerprint density at radius 1 is 1.04 bits per heavy atom. The largest absolute Gasteiger partial charge is 0.324 e. The first-order valence-electron chi connectivity index (χ1n) is 7.18. The van der Waals surface area contributed by atoms with Crippen molar-refractivity contribution in [2.75, 3.05) is 22.4 Å². The number of hydrogen-bond donors (Lipinski definition) is 1. The molecular formula is C16H14Cl4N2O3S. The second-order valence-corrected chi connectivity index (χ2v) is 8.98. The van der Waals surface area contributed by atoms with Crippen LogP contribution in [0.3, 0.4) is 0 Å². The molecule has 1 N–H and O–H groups in total. The molecule has 0 atom stereocenters. The molecule has 0 unspecified atom stereocenters. The summed E-state index contributed by atoms with van der Waals surface area (Å²) in [7, 11) is -3.82. The van der Waals surface area contributed by atoms with E-state index in [1.807, 2.05) is 0 Å². The van der Waals surface area contributed by atoms with Gasteiger partial charge in [-0.1, -0.05) is 52.5 Å². The highest BCUT2D eigenvalue weighted by Gasteiger charge is 2.24. The highest BCUT2D eigenvalue weighted by atomic mass is 35.5. The van der Waals surface area contributed by atoms with Gasteiger partial charge in [0.15, 0.2) is 0 Å². The van der Waals surface area contributed by atoms with Crippen molar-refractivity contribution >= 4 is 73.7 Å². The number of sulfonamides is 1. The maximum Gasteiger partial charge on any atom is 0.245 e. The summed E-state index contributed by atoms with van der Waals surface area (Å²) < 4.78 is 25.2. The van der Waals surface area contributed by atoms with E-state index in [-0.39, 0.29) is 20.8 Å². The molecule has 2 aromatic carbocycles. The molecule has 0 aliphatic heterocycles. The van der Waals surface area contributed by atoms with E-state index in [0.717, 1.165) is 10.6 Å². The Kier molecular flexibility index (Phi) is 6.69. The Hall–Kier alpha value is -1.18. The number of anilines is 2. The van der Waals surface area contributed by atoms with Crippen LogP contribution >= 0.6 is 46.4 Å². The van der Waals surface area contributed by atoms with Crippen LogP contribution in [0.4, 0.5) is 11.4 Å². The molecule has 0 saturated heterocycles. The lowest BCUT2D eigenvalue weighted by Crippen LogP contribution is -2.37. The molecule has 0 aliphatic carbocycles. The zero-order chi connectivity index (χ0) is 19.6. The van der Waals surface area contributed by atoms with Crippen LogP contribution in [0.15, 0.2) is 30.3 Å². The number of nitrogens with one attached hydrogen (secondary N) is 1. The Bertz CT molecular complexity index is 964. The first-order valence-corrected chi connectivity index (χ1v) is 10.5. The number of nitrogens with zero attached hydrogens (tertiary/aromatic N) is 1. The fourth-order valence-corrected chi connectivity index (χ4v) is 3.88. The Labute approximate surface area is 171 Å². The second-order valence-electron chi connectivity index (χ2n) is 5.45. The number of hydrogen-bond acceptors (Lipinski definition) is 3. The van der Waals surface area contributed by atoms with Crippen LogP contribution in [-0.4, -0.2) is 27.1 Å². The van der Waals surface area contributed by atoms with Gasteiger partial charge in [0, 0.05) is 10.7 Å². The van der Waals surface area contributed by atoms with Gasteiger partial charge in [-0.2, -0.15) is 0 Å². The lowest BCUT2D eigenvalue weighted by Gasteiger charge is -2.23. The Balaban J connectivity index is 2.34. The van der Waals surface area contributed by atoms with E-state index >= 15 is 0 Å². The lowest BCUT2D eigenvalue weighted by atomic mass is 10.2. The van der Waals surface area contributed by atoms with Gasteiger partial charge < -0.3 is 5.32 Å². The fraction of sp³-hybridized carbons (Fsp3) is 0.188. The first kappa shape index (κ1) is 21.1. The zero-order valence-electron chi connectivity index (χ0n) is 13.7. The standard InChI is InChI=1S/C16H14Cl4N2O3S/c1-9-10(17)4-3-5-14(9)21-16(23)8-22(26(2,24)25)15-7-12(19)11(18)6-13(15)20/h3-7H,8H2,1-2H3,(H,21,23). The van der Waals surface area contributed by atoms with Gasteiger partial charge in [-0.3, -0.25) is 9.10 Å². The summed E-state index contributed by atoms with van der Waals surface area (Å²) in [5.41, 5.74) is 1.21. The molecule has 140 valence electrons. The monoisotopic (exact) mass is 454 g/mol. The van der Waals surface area contributed by atoms with Gasteiger partial charge in [0.1, 0.15) is 6.54 Å². The maximum absolute atomic E-state index is 12.4. The van der Waals surface area contributed by atoms with E-state index in [1.165, 1.54) is 12.1 Å². The molecule has 2 rings (SSSR count). The van der Waals surface area contributed by atoms with E-state index in [1.54, 1.807) is 25.1 Å². The highest BCUT2D eigenvalue weighted by Crippen LogP contribution is 2.35. The average molecular weight is 456 g/mol. The van der Waals surface area contributed by atoms with E-state index in [0.29, 0.717) is 16.3 Å².